The van der Waals surface area contributed by atoms with Crippen molar-refractivity contribution in [3.05, 3.63) is 35.7 Å². The first kappa shape index (κ1) is 15.2. The molecule has 1 N–H and O–H groups in total. The molecule has 0 unspecified atom stereocenters. The van der Waals surface area contributed by atoms with Gasteiger partial charge in [0, 0.05) is 30.6 Å². The van der Waals surface area contributed by atoms with E-state index < -0.39 is 0 Å². The van der Waals surface area contributed by atoms with Crippen molar-refractivity contribution >= 4 is 0 Å². The topological polar surface area (TPSA) is 54.0 Å². The van der Waals surface area contributed by atoms with Crippen LogP contribution in [0.3, 0.4) is 0 Å². The minimum absolute atomic E-state index is 0.363. The standard InChI is InChI=1S/C17H24N4O/c1-12(2)16-18-17(20-19-16)15-6-4-14(5-7-15)13(3)21-8-10-22-11-9-21/h4-7,12-13H,8-11H2,1-3H3,(H,18,19,20)/t13-/m1/s1. The van der Waals surface area contributed by atoms with Gasteiger partial charge in [-0.25, -0.2) is 4.98 Å². The van der Waals surface area contributed by atoms with Gasteiger partial charge in [-0.15, -0.1) is 0 Å². The Morgan fingerprint density at radius 3 is 2.36 bits per heavy atom. The summed E-state index contributed by atoms with van der Waals surface area (Å²) < 4.78 is 5.42. The average Bonchev–Trinajstić information content (AvgIpc) is 3.05. The first-order chi connectivity index (χ1) is 10.6. The zero-order chi connectivity index (χ0) is 15.5. The zero-order valence-electron chi connectivity index (χ0n) is 13.5. The van der Waals surface area contributed by atoms with E-state index in [1.807, 2.05) is 0 Å². The van der Waals surface area contributed by atoms with E-state index in [0.717, 1.165) is 43.5 Å². The fraction of sp³-hybridized carbons (Fsp3) is 0.529. The Balaban J connectivity index is 1.74. The number of hydrogen-bond acceptors (Lipinski definition) is 4. The normalized spacial score (nSPS) is 17.8. The molecule has 1 aliphatic heterocycles. The fourth-order valence-corrected chi connectivity index (χ4v) is 2.75. The zero-order valence-corrected chi connectivity index (χ0v) is 13.5. The van der Waals surface area contributed by atoms with Gasteiger partial charge in [-0.1, -0.05) is 38.1 Å². The van der Waals surface area contributed by atoms with Crippen molar-refractivity contribution in [2.75, 3.05) is 26.3 Å². The minimum Gasteiger partial charge on any atom is -0.379 e. The molecule has 1 aromatic carbocycles. The molecule has 1 atom stereocenters. The van der Waals surface area contributed by atoms with E-state index in [-0.39, 0.29) is 0 Å². The lowest BCUT2D eigenvalue weighted by Crippen LogP contribution is -2.37. The third kappa shape index (κ3) is 3.20. The molecular formula is C17H24N4O. The van der Waals surface area contributed by atoms with Crippen molar-refractivity contribution < 1.29 is 4.74 Å². The molecule has 2 heterocycles. The van der Waals surface area contributed by atoms with Gasteiger partial charge in [0.1, 0.15) is 5.82 Å². The van der Waals surface area contributed by atoms with Gasteiger partial charge in [-0.05, 0) is 12.5 Å². The van der Waals surface area contributed by atoms with E-state index >= 15 is 0 Å². The van der Waals surface area contributed by atoms with E-state index in [2.05, 4.69) is 65.1 Å². The Kier molecular flexibility index (Phi) is 4.55. The van der Waals surface area contributed by atoms with Crippen LogP contribution in [-0.2, 0) is 4.74 Å². The van der Waals surface area contributed by atoms with Gasteiger partial charge in [0.05, 0.1) is 13.2 Å². The minimum atomic E-state index is 0.363. The molecule has 1 saturated heterocycles. The van der Waals surface area contributed by atoms with E-state index in [1.54, 1.807) is 0 Å². The molecule has 22 heavy (non-hydrogen) atoms. The molecule has 0 saturated carbocycles. The van der Waals surface area contributed by atoms with E-state index in [1.165, 1.54) is 5.56 Å². The summed E-state index contributed by atoms with van der Waals surface area (Å²) in [6, 6.07) is 9.00. The number of nitrogens with one attached hydrogen (secondary N) is 1. The summed E-state index contributed by atoms with van der Waals surface area (Å²) in [5.41, 5.74) is 2.38. The average molecular weight is 300 g/mol. The van der Waals surface area contributed by atoms with Crippen molar-refractivity contribution in [3.8, 4) is 11.4 Å². The predicted octanol–water partition coefficient (Wildman–Crippen LogP) is 2.99. The van der Waals surface area contributed by atoms with Crippen LogP contribution in [0, 0.1) is 0 Å². The monoisotopic (exact) mass is 300 g/mol. The molecule has 0 bridgehead atoms. The SMILES string of the molecule is CC(C)c1nc(-c2ccc([C@@H](C)N3CCOCC3)cc2)n[nH]1. The third-order valence-corrected chi connectivity index (χ3v) is 4.29. The Morgan fingerprint density at radius 1 is 1.09 bits per heavy atom. The molecule has 2 aromatic rings. The highest BCUT2D eigenvalue weighted by Gasteiger charge is 2.18. The van der Waals surface area contributed by atoms with Gasteiger partial charge in [-0.2, -0.15) is 5.10 Å². The highest BCUT2D eigenvalue weighted by Crippen LogP contribution is 2.24. The number of aromatic amines is 1. The molecule has 0 spiro atoms. The van der Waals surface area contributed by atoms with Gasteiger partial charge < -0.3 is 4.74 Å². The molecule has 1 aromatic heterocycles. The maximum absolute atomic E-state index is 5.42. The molecule has 0 aliphatic carbocycles. The van der Waals surface area contributed by atoms with Crippen LogP contribution in [0.5, 0.6) is 0 Å². The highest BCUT2D eigenvalue weighted by molar-refractivity contribution is 5.55. The Labute approximate surface area is 131 Å². The largest absolute Gasteiger partial charge is 0.379 e. The summed E-state index contributed by atoms with van der Waals surface area (Å²) in [4.78, 5) is 7.01. The first-order valence-corrected chi connectivity index (χ1v) is 7.99. The third-order valence-electron chi connectivity index (χ3n) is 4.29. The van der Waals surface area contributed by atoms with Crippen LogP contribution in [0.4, 0.5) is 0 Å². The molecule has 118 valence electrons. The van der Waals surface area contributed by atoms with Crippen LogP contribution >= 0.6 is 0 Å². The van der Waals surface area contributed by atoms with E-state index in [9.17, 15) is 0 Å². The summed E-state index contributed by atoms with van der Waals surface area (Å²) in [7, 11) is 0. The number of ether oxygens (including phenoxy) is 1. The van der Waals surface area contributed by atoms with Crippen LogP contribution in [0.15, 0.2) is 24.3 Å². The van der Waals surface area contributed by atoms with E-state index in [4.69, 9.17) is 4.74 Å². The van der Waals surface area contributed by atoms with Crippen molar-refractivity contribution in [3.63, 3.8) is 0 Å². The second-order valence-corrected chi connectivity index (χ2v) is 6.15. The Bertz CT molecular complexity index is 599. The lowest BCUT2D eigenvalue weighted by atomic mass is 10.0. The van der Waals surface area contributed by atoms with Crippen molar-refractivity contribution in [2.45, 2.75) is 32.7 Å². The van der Waals surface area contributed by atoms with Crippen LogP contribution in [0.1, 0.15) is 44.1 Å². The molecular weight excluding hydrogens is 276 g/mol. The van der Waals surface area contributed by atoms with Crippen molar-refractivity contribution in [1.82, 2.24) is 20.1 Å². The number of rotatable bonds is 4. The molecule has 3 rings (SSSR count). The second kappa shape index (κ2) is 6.58. The Hall–Kier alpha value is -1.72. The predicted molar refractivity (Wildman–Crippen MR) is 86.7 cm³/mol. The summed E-state index contributed by atoms with van der Waals surface area (Å²) in [5.74, 6) is 2.07. The fourth-order valence-electron chi connectivity index (χ4n) is 2.75. The lowest BCUT2D eigenvalue weighted by molar-refractivity contribution is 0.0198. The summed E-state index contributed by atoms with van der Waals surface area (Å²) >= 11 is 0. The van der Waals surface area contributed by atoms with Crippen molar-refractivity contribution in [2.24, 2.45) is 0 Å². The Morgan fingerprint density at radius 2 is 1.77 bits per heavy atom. The van der Waals surface area contributed by atoms with Crippen molar-refractivity contribution in [1.29, 1.82) is 0 Å². The van der Waals surface area contributed by atoms with Crippen LogP contribution in [-0.4, -0.2) is 46.4 Å². The number of benzene rings is 1. The number of aromatic nitrogens is 3. The van der Waals surface area contributed by atoms with Gasteiger partial charge >= 0.3 is 0 Å². The smallest absolute Gasteiger partial charge is 0.181 e. The quantitative estimate of drug-likeness (QED) is 0.943. The second-order valence-electron chi connectivity index (χ2n) is 6.15. The molecule has 1 aliphatic rings. The molecule has 0 amide bonds. The summed E-state index contributed by atoms with van der Waals surface area (Å²) in [6.45, 7) is 10.1. The van der Waals surface area contributed by atoms with Gasteiger partial charge in [0.15, 0.2) is 5.82 Å². The number of nitrogens with zero attached hydrogens (tertiary/aromatic N) is 3. The number of morpholine rings is 1. The van der Waals surface area contributed by atoms with Gasteiger partial charge in [-0.3, -0.25) is 10.00 Å². The van der Waals surface area contributed by atoms with Gasteiger partial charge in [0.2, 0.25) is 0 Å². The molecule has 5 heteroatoms. The van der Waals surface area contributed by atoms with Crippen LogP contribution in [0.25, 0.3) is 11.4 Å². The van der Waals surface area contributed by atoms with Crippen LogP contribution in [0.2, 0.25) is 0 Å². The molecule has 5 nitrogen and oxygen atoms in total. The molecule has 1 fully saturated rings. The lowest BCUT2D eigenvalue weighted by Gasteiger charge is -2.32. The molecule has 0 radical (unpaired) electrons. The number of H-pyrrole nitrogens is 1. The maximum Gasteiger partial charge on any atom is 0.181 e. The van der Waals surface area contributed by atoms with Crippen LogP contribution < -0.4 is 0 Å². The number of hydrogen-bond donors (Lipinski definition) is 1. The maximum atomic E-state index is 5.42. The van der Waals surface area contributed by atoms with E-state index in [0.29, 0.717) is 12.0 Å². The van der Waals surface area contributed by atoms with Gasteiger partial charge in [0.25, 0.3) is 0 Å². The summed E-state index contributed by atoms with van der Waals surface area (Å²) in [6.07, 6.45) is 0. The first-order valence-electron chi connectivity index (χ1n) is 7.99. The summed E-state index contributed by atoms with van der Waals surface area (Å²) in [5, 5.41) is 7.32. The highest BCUT2D eigenvalue weighted by atomic mass is 16.5.